The Morgan fingerprint density at radius 3 is 2.60 bits per heavy atom. The van der Waals surface area contributed by atoms with Crippen molar-refractivity contribution in [1.82, 2.24) is 15.2 Å². The molecule has 1 aromatic heterocycles. The van der Waals surface area contributed by atoms with E-state index in [9.17, 15) is 9.59 Å². The standard InChI is InChI=1S/C14H21N3O2S/c1-14(2,3)16-11(18)9-17(4)13(19)10-20-12-7-5-6-8-15-12/h5-8H,9-10H2,1-4H3,(H,16,18). The van der Waals surface area contributed by atoms with E-state index in [2.05, 4.69) is 10.3 Å². The van der Waals surface area contributed by atoms with Gasteiger partial charge < -0.3 is 10.2 Å². The van der Waals surface area contributed by atoms with Crippen molar-refractivity contribution >= 4 is 23.6 Å². The van der Waals surface area contributed by atoms with Gasteiger partial charge >= 0.3 is 0 Å². The molecule has 0 aliphatic rings. The van der Waals surface area contributed by atoms with Crippen LogP contribution in [0.3, 0.4) is 0 Å². The van der Waals surface area contributed by atoms with Crippen LogP contribution in [0, 0.1) is 0 Å². The summed E-state index contributed by atoms with van der Waals surface area (Å²) in [5.41, 5.74) is -0.288. The highest BCUT2D eigenvalue weighted by molar-refractivity contribution is 7.99. The van der Waals surface area contributed by atoms with E-state index in [0.717, 1.165) is 5.03 Å². The maximum absolute atomic E-state index is 11.9. The molecule has 0 atom stereocenters. The summed E-state index contributed by atoms with van der Waals surface area (Å²) in [4.78, 5) is 29.2. The lowest BCUT2D eigenvalue weighted by Crippen LogP contribution is -2.46. The van der Waals surface area contributed by atoms with Crippen LogP contribution in [0.15, 0.2) is 29.4 Å². The number of pyridine rings is 1. The van der Waals surface area contributed by atoms with Crippen LogP contribution in [0.5, 0.6) is 0 Å². The molecule has 0 spiro atoms. The number of hydrogen-bond acceptors (Lipinski definition) is 4. The van der Waals surface area contributed by atoms with Gasteiger partial charge in [-0.15, -0.1) is 0 Å². The molecule has 20 heavy (non-hydrogen) atoms. The minimum atomic E-state index is -0.288. The van der Waals surface area contributed by atoms with Crippen LogP contribution in [0.25, 0.3) is 0 Å². The van der Waals surface area contributed by atoms with E-state index in [4.69, 9.17) is 0 Å². The summed E-state index contributed by atoms with van der Waals surface area (Å²) in [5, 5.41) is 3.63. The van der Waals surface area contributed by atoms with E-state index in [1.54, 1.807) is 13.2 Å². The molecule has 0 bridgehead atoms. The van der Waals surface area contributed by atoms with Gasteiger partial charge in [-0.2, -0.15) is 0 Å². The van der Waals surface area contributed by atoms with Gasteiger partial charge in [-0.25, -0.2) is 4.98 Å². The van der Waals surface area contributed by atoms with Gasteiger partial charge in [0, 0.05) is 18.8 Å². The third-order valence-electron chi connectivity index (χ3n) is 2.30. The molecule has 0 saturated heterocycles. The third-order valence-corrected chi connectivity index (χ3v) is 3.23. The summed E-state index contributed by atoms with van der Waals surface area (Å²) < 4.78 is 0. The number of nitrogens with zero attached hydrogens (tertiary/aromatic N) is 2. The number of nitrogens with one attached hydrogen (secondary N) is 1. The number of carbonyl (C=O) groups excluding carboxylic acids is 2. The van der Waals surface area contributed by atoms with Crippen LogP contribution in [0.4, 0.5) is 0 Å². The Hall–Kier alpha value is -1.56. The van der Waals surface area contributed by atoms with Crippen molar-refractivity contribution in [2.75, 3.05) is 19.3 Å². The van der Waals surface area contributed by atoms with Crippen LogP contribution in [0.1, 0.15) is 20.8 Å². The van der Waals surface area contributed by atoms with Crippen LogP contribution in [-0.2, 0) is 9.59 Å². The second-order valence-corrected chi connectivity index (χ2v) is 6.50. The minimum absolute atomic E-state index is 0.0683. The summed E-state index contributed by atoms with van der Waals surface area (Å²) in [6.07, 6.45) is 1.69. The second-order valence-electron chi connectivity index (χ2n) is 5.50. The fourth-order valence-corrected chi connectivity index (χ4v) is 2.24. The zero-order valence-electron chi connectivity index (χ0n) is 12.3. The summed E-state index contributed by atoms with van der Waals surface area (Å²) in [6, 6.07) is 5.55. The molecule has 1 heterocycles. The zero-order valence-corrected chi connectivity index (χ0v) is 13.2. The molecule has 5 nitrogen and oxygen atoms in total. The lowest BCUT2D eigenvalue weighted by Gasteiger charge is -2.23. The number of thioether (sulfide) groups is 1. The molecular formula is C14H21N3O2S. The Morgan fingerprint density at radius 2 is 2.05 bits per heavy atom. The van der Waals surface area contributed by atoms with Gasteiger partial charge in [0.2, 0.25) is 11.8 Å². The van der Waals surface area contributed by atoms with Gasteiger partial charge in [0.15, 0.2) is 0 Å². The summed E-state index contributed by atoms with van der Waals surface area (Å²) in [5.74, 6) is 0.0250. The number of amides is 2. The Labute approximate surface area is 124 Å². The van der Waals surface area contributed by atoms with Crippen LogP contribution < -0.4 is 5.32 Å². The van der Waals surface area contributed by atoms with Crippen molar-refractivity contribution in [3.63, 3.8) is 0 Å². The lowest BCUT2D eigenvalue weighted by molar-refractivity contribution is -0.133. The van der Waals surface area contributed by atoms with Crippen molar-refractivity contribution in [3.05, 3.63) is 24.4 Å². The maximum atomic E-state index is 11.9. The highest BCUT2D eigenvalue weighted by Gasteiger charge is 2.17. The summed E-state index contributed by atoms with van der Waals surface area (Å²) in [7, 11) is 1.63. The van der Waals surface area contributed by atoms with E-state index in [-0.39, 0.29) is 29.7 Å². The molecule has 110 valence electrons. The molecule has 6 heteroatoms. The monoisotopic (exact) mass is 295 g/mol. The predicted molar refractivity (Wildman–Crippen MR) is 80.5 cm³/mol. The quantitative estimate of drug-likeness (QED) is 0.837. The zero-order chi connectivity index (χ0) is 15.2. The van der Waals surface area contributed by atoms with Gasteiger partial charge in [0.05, 0.1) is 17.3 Å². The fraction of sp³-hybridized carbons (Fsp3) is 0.500. The van der Waals surface area contributed by atoms with E-state index < -0.39 is 0 Å². The van der Waals surface area contributed by atoms with Crippen molar-refractivity contribution in [3.8, 4) is 0 Å². The number of likely N-dealkylation sites (N-methyl/N-ethyl adjacent to an activating group) is 1. The molecule has 2 amide bonds. The van der Waals surface area contributed by atoms with Crippen molar-refractivity contribution in [1.29, 1.82) is 0 Å². The topological polar surface area (TPSA) is 62.3 Å². The van der Waals surface area contributed by atoms with E-state index in [0.29, 0.717) is 0 Å². The molecule has 0 unspecified atom stereocenters. The van der Waals surface area contributed by atoms with Gasteiger partial charge in [0.25, 0.3) is 0 Å². The Bertz CT molecular complexity index is 457. The Balaban J connectivity index is 2.38. The van der Waals surface area contributed by atoms with E-state index in [1.165, 1.54) is 16.7 Å². The highest BCUT2D eigenvalue weighted by atomic mass is 32.2. The average molecular weight is 295 g/mol. The minimum Gasteiger partial charge on any atom is -0.350 e. The Kier molecular flexibility index (Phi) is 6.01. The van der Waals surface area contributed by atoms with Gasteiger partial charge in [-0.3, -0.25) is 9.59 Å². The highest BCUT2D eigenvalue weighted by Crippen LogP contribution is 2.14. The maximum Gasteiger partial charge on any atom is 0.240 e. The largest absolute Gasteiger partial charge is 0.350 e. The number of hydrogen-bond donors (Lipinski definition) is 1. The van der Waals surface area contributed by atoms with Crippen LogP contribution >= 0.6 is 11.8 Å². The summed E-state index contributed by atoms with van der Waals surface area (Å²) >= 11 is 1.36. The van der Waals surface area contributed by atoms with E-state index >= 15 is 0 Å². The number of aromatic nitrogens is 1. The second kappa shape index (κ2) is 7.28. The smallest absolute Gasteiger partial charge is 0.240 e. The number of carbonyl (C=O) groups is 2. The number of rotatable bonds is 5. The first-order valence-corrected chi connectivity index (χ1v) is 7.35. The lowest BCUT2D eigenvalue weighted by atomic mass is 10.1. The molecule has 1 N–H and O–H groups in total. The molecule has 0 aromatic carbocycles. The summed E-state index contributed by atoms with van der Waals surface area (Å²) in [6.45, 7) is 5.79. The third kappa shape index (κ3) is 6.56. The van der Waals surface area contributed by atoms with Crippen molar-refractivity contribution in [2.24, 2.45) is 0 Å². The molecule has 0 aliphatic heterocycles. The van der Waals surface area contributed by atoms with Crippen LogP contribution in [-0.4, -0.2) is 46.6 Å². The average Bonchev–Trinajstić information content (AvgIpc) is 2.34. The molecule has 0 radical (unpaired) electrons. The van der Waals surface area contributed by atoms with Crippen LogP contribution in [0.2, 0.25) is 0 Å². The molecular weight excluding hydrogens is 274 g/mol. The van der Waals surface area contributed by atoms with Crippen molar-refractivity contribution < 1.29 is 9.59 Å². The van der Waals surface area contributed by atoms with Crippen molar-refractivity contribution in [2.45, 2.75) is 31.3 Å². The first-order valence-electron chi connectivity index (χ1n) is 6.37. The molecule has 0 aliphatic carbocycles. The molecule has 0 fully saturated rings. The molecule has 1 aromatic rings. The Morgan fingerprint density at radius 1 is 1.35 bits per heavy atom. The van der Waals surface area contributed by atoms with Gasteiger partial charge in [-0.05, 0) is 32.9 Å². The molecule has 0 saturated carbocycles. The normalized spacial score (nSPS) is 11.0. The molecule has 1 rings (SSSR count). The van der Waals surface area contributed by atoms with Gasteiger partial charge in [-0.1, -0.05) is 17.8 Å². The van der Waals surface area contributed by atoms with E-state index in [1.807, 2.05) is 39.0 Å². The SMILES string of the molecule is CN(CC(=O)NC(C)(C)C)C(=O)CSc1ccccn1. The van der Waals surface area contributed by atoms with Gasteiger partial charge in [0.1, 0.15) is 0 Å². The first-order chi connectivity index (χ1) is 9.28. The fourth-order valence-electron chi connectivity index (χ4n) is 1.44. The first kappa shape index (κ1) is 16.5. The predicted octanol–water partition coefficient (Wildman–Crippen LogP) is 1.55.